The quantitative estimate of drug-likeness (QED) is 0.666. The van der Waals surface area contributed by atoms with Crippen LogP contribution in [0.4, 0.5) is 0 Å². The molecule has 1 aliphatic rings. The first-order valence-electron chi connectivity index (χ1n) is 6.69. The van der Waals surface area contributed by atoms with Crippen LogP contribution >= 0.6 is 0 Å². The summed E-state index contributed by atoms with van der Waals surface area (Å²) in [6.07, 6.45) is 4.70. The fourth-order valence-corrected chi connectivity index (χ4v) is 2.17. The molecule has 6 heteroatoms. The van der Waals surface area contributed by atoms with Gasteiger partial charge in [-0.05, 0) is 25.9 Å². The first-order valence-corrected chi connectivity index (χ1v) is 6.69. The summed E-state index contributed by atoms with van der Waals surface area (Å²) < 4.78 is 6.91. The molecule has 18 heavy (non-hydrogen) atoms. The predicted octanol–water partition coefficient (Wildman–Crippen LogP) is 0.110. The van der Waals surface area contributed by atoms with Crippen LogP contribution in [0.3, 0.4) is 0 Å². The van der Waals surface area contributed by atoms with E-state index >= 15 is 0 Å². The maximum Gasteiger partial charge on any atom is 0.0964 e. The van der Waals surface area contributed by atoms with Crippen LogP contribution in [0.15, 0.2) is 6.20 Å². The van der Waals surface area contributed by atoms with Crippen LogP contribution in [0, 0.1) is 0 Å². The lowest BCUT2D eigenvalue weighted by Crippen LogP contribution is -2.24. The lowest BCUT2D eigenvalue weighted by molar-refractivity contribution is 0.199. The average Bonchev–Trinajstić information content (AvgIpc) is 3.03. The molecular weight excluding hydrogens is 230 g/mol. The van der Waals surface area contributed by atoms with E-state index in [1.807, 2.05) is 10.9 Å². The van der Waals surface area contributed by atoms with Crippen molar-refractivity contribution in [2.75, 3.05) is 39.9 Å². The Morgan fingerprint density at radius 2 is 2.17 bits per heavy atom. The molecule has 1 saturated heterocycles. The van der Waals surface area contributed by atoms with E-state index in [0.29, 0.717) is 0 Å². The molecule has 0 atom stereocenters. The third kappa shape index (κ3) is 4.36. The number of methoxy groups -OCH3 is 1. The lowest BCUT2D eigenvalue weighted by Gasteiger charge is -2.13. The highest BCUT2D eigenvalue weighted by Gasteiger charge is 2.11. The summed E-state index contributed by atoms with van der Waals surface area (Å²) in [4.78, 5) is 2.48. The normalized spacial score (nSPS) is 16.5. The molecule has 0 bridgehead atoms. The van der Waals surface area contributed by atoms with Gasteiger partial charge in [-0.15, -0.1) is 5.10 Å². The van der Waals surface area contributed by atoms with E-state index < -0.39 is 0 Å². The Bertz CT molecular complexity index is 335. The van der Waals surface area contributed by atoms with Gasteiger partial charge in [-0.3, -0.25) is 4.68 Å². The van der Waals surface area contributed by atoms with Crippen molar-refractivity contribution in [1.29, 1.82) is 0 Å². The van der Waals surface area contributed by atoms with Crippen molar-refractivity contribution < 1.29 is 4.74 Å². The number of hydrogen-bond acceptors (Lipinski definition) is 5. The van der Waals surface area contributed by atoms with Gasteiger partial charge in [-0.1, -0.05) is 5.21 Å². The van der Waals surface area contributed by atoms with Crippen molar-refractivity contribution in [3.05, 3.63) is 11.9 Å². The van der Waals surface area contributed by atoms with Gasteiger partial charge in [-0.25, -0.2) is 0 Å². The average molecular weight is 253 g/mol. The summed E-state index contributed by atoms with van der Waals surface area (Å²) in [6, 6.07) is 0. The van der Waals surface area contributed by atoms with Crippen LogP contribution in [-0.4, -0.2) is 59.8 Å². The van der Waals surface area contributed by atoms with Crippen LogP contribution in [0.25, 0.3) is 0 Å². The van der Waals surface area contributed by atoms with Gasteiger partial charge in [0.25, 0.3) is 0 Å². The monoisotopic (exact) mass is 253 g/mol. The summed E-state index contributed by atoms with van der Waals surface area (Å²) >= 11 is 0. The number of hydrogen-bond donors (Lipinski definition) is 1. The molecule has 0 aromatic carbocycles. The molecule has 0 saturated carbocycles. The maximum atomic E-state index is 4.97. The SMILES string of the molecule is COCCNCc1cn(CCN2CCCC2)nn1. The largest absolute Gasteiger partial charge is 0.383 e. The Morgan fingerprint density at radius 3 is 2.94 bits per heavy atom. The molecule has 6 nitrogen and oxygen atoms in total. The van der Waals surface area contributed by atoms with Gasteiger partial charge in [0, 0.05) is 32.9 Å². The van der Waals surface area contributed by atoms with E-state index in [0.717, 1.165) is 38.5 Å². The number of ether oxygens (including phenoxy) is 1. The minimum atomic E-state index is 0.725. The number of likely N-dealkylation sites (tertiary alicyclic amines) is 1. The second-order valence-corrected chi connectivity index (χ2v) is 4.69. The molecule has 1 N–H and O–H groups in total. The fraction of sp³-hybridized carbons (Fsp3) is 0.833. The number of nitrogens with zero attached hydrogens (tertiary/aromatic N) is 4. The topological polar surface area (TPSA) is 55.2 Å². The van der Waals surface area contributed by atoms with Crippen LogP contribution in [-0.2, 0) is 17.8 Å². The predicted molar refractivity (Wildman–Crippen MR) is 69.3 cm³/mol. The Kier molecular flexibility index (Phi) is 5.57. The van der Waals surface area contributed by atoms with E-state index in [1.54, 1.807) is 7.11 Å². The Morgan fingerprint density at radius 1 is 1.33 bits per heavy atom. The molecule has 0 unspecified atom stereocenters. The minimum Gasteiger partial charge on any atom is -0.383 e. The van der Waals surface area contributed by atoms with Crippen LogP contribution < -0.4 is 5.32 Å². The number of rotatable bonds is 8. The summed E-state index contributed by atoms with van der Waals surface area (Å²) in [6.45, 7) is 6.82. The van der Waals surface area contributed by atoms with Gasteiger partial charge in [-0.2, -0.15) is 0 Å². The van der Waals surface area contributed by atoms with Gasteiger partial charge >= 0.3 is 0 Å². The van der Waals surface area contributed by atoms with E-state index in [4.69, 9.17) is 4.74 Å². The van der Waals surface area contributed by atoms with Gasteiger partial charge < -0.3 is 15.0 Å². The Balaban J connectivity index is 1.65. The first kappa shape index (κ1) is 13.5. The second-order valence-electron chi connectivity index (χ2n) is 4.69. The third-order valence-corrected chi connectivity index (χ3v) is 3.22. The van der Waals surface area contributed by atoms with E-state index in [1.165, 1.54) is 25.9 Å². The second kappa shape index (κ2) is 7.45. The highest BCUT2D eigenvalue weighted by molar-refractivity contribution is 4.91. The van der Waals surface area contributed by atoms with Crippen LogP contribution in [0.1, 0.15) is 18.5 Å². The maximum absolute atomic E-state index is 4.97. The van der Waals surface area contributed by atoms with Crippen molar-refractivity contribution in [1.82, 2.24) is 25.2 Å². The summed E-state index contributed by atoms with van der Waals surface area (Å²) in [5.41, 5.74) is 0.993. The molecule has 0 aliphatic carbocycles. The molecular formula is C12H23N5O. The first-order chi connectivity index (χ1) is 8.88. The molecule has 1 aromatic rings. The van der Waals surface area contributed by atoms with E-state index in [2.05, 4.69) is 20.5 Å². The van der Waals surface area contributed by atoms with Crippen LogP contribution in [0.2, 0.25) is 0 Å². The molecule has 102 valence electrons. The minimum absolute atomic E-state index is 0.725. The molecule has 1 aliphatic heterocycles. The van der Waals surface area contributed by atoms with Crippen molar-refractivity contribution in [3.63, 3.8) is 0 Å². The zero-order chi connectivity index (χ0) is 12.6. The van der Waals surface area contributed by atoms with Crippen molar-refractivity contribution in [2.45, 2.75) is 25.9 Å². The number of nitrogens with one attached hydrogen (secondary N) is 1. The third-order valence-electron chi connectivity index (χ3n) is 3.22. The van der Waals surface area contributed by atoms with Gasteiger partial charge in [0.1, 0.15) is 0 Å². The summed E-state index contributed by atoms with van der Waals surface area (Å²) in [7, 11) is 1.70. The molecule has 0 amide bonds. The van der Waals surface area contributed by atoms with E-state index in [9.17, 15) is 0 Å². The zero-order valence-electron chi connectivity index (χ0n) is 11.1. The van der Waals surface area contributed by atoms with Gasteiger partial charge in [0.2, 0.25) is 0 Å². The number of aromatic nitrogens is 3. The molecule has 0 radical (unpaired) electrons. The fourth-order valence-electron chi connectivity index (χ4n) is 2.17. The standard InChI is InChI=1S/C12H23N5O/c1-18-9-4-13-10-12-11-17(15-14-12)8-7-16-5-2-3-6-16/h11,13H,2-10H2,1H3. The lowest BCUT2D eigenvalue weighted by atomic mass is 10.4. The van der Waals surface area contributed by atoms with Crippen molar-refractivity contribution in [2.24, 2.45) is 0 Å². The zero-order valence-corrected chi connectivity index (χ0v) is 11.1. The van der Waals surface area contributed by atoms with Crippen molar-refractivity contribution >= 4 is 0 Å². The smallest absolute Gasteiger partial charge is 0.0964 e. The molecule has 2 heterocycles. The Labute approximate surface area is 108 Å². The summed E-state index contributed by atoms with van der Waals surface area (Å²) in [5.74, 6) is 0. The van der Waals surface area contributed by atoms with Crippen LogP contribution in [0.5, 0.6) is 0 Å². The van der Waals surface area contributed by atoms with Gasteiger partial charge in [0.15, 0.2) is 0 Å². The molecule has 1 aromatic heterocycles. The highest BCUT2D eigenvalue weighted by Crippen LogP contribution is 2.06. The van der Waals surface area contributed by atoms with E-state index in [-0.39, 0.29) is 0 Å². The summed E-state index contributed by atoms with van der Waals surface area (Å²) in [5, 5.41) is 11.6. The molecule has 1 fully saturated rings. The van der Waals surface area contributed by atoms with Crippen molar-refractivity contribution in [3.8, 4) is 0 Å². The Hall–Kier alpha value is -0.980. The van der Waals surface area contributed by atoms with Gasteiger partial charge in [0.05, 0.1) is 18.8 Å². The molecule has 2 rings (SSSR count). The highest BCUT2D eigenvalue weighted by atomic mass is 16.5. The molecule has 0 spiro atoms.